The molecule has 0 heteroatoms. The first kappa shape index (κ1) is 17.3. The van der Waals surface area contributed by atoms with Gasteiger partial charge in [0.05, 0.1) is 0 Å². The summed E-state index contributed by atoms with van der Waals surface area (Å²) in [7, 11) is 0. The molecule has 0 aromatic rings. The van der Waals surface area contributed by atoms with Gasteiger partial charge in [0.2, 0.25) is 0 Å². The minimum atomic E-state index is 1.20. The van der Waals surface area contributed by atoms with Gasteiger partial charge in [-0.05, 0) is 18.9 Å². The van der Waals surface area contributed by atoms with E-state index < -0.39 is 0 Å². The number of allylic oxidation sites excluding steroid dienone is 3. The van der Waals surface area contributed by atoms with Crippen LogP contribution >= 0.6 is 0 Å². The molecule has 104 valence electrons. The van der Waals surface area contributed by atoms with E-state index in [4.69, 9.17) is 0 Å². The van der Waals surface area contributed by atoms with Crippen LogP contribution in [0.3, 0.4) is 0 Å². The Balaban J connectivity index is 3.00. The highest BCUT2D eigenvalue weighted by Gasteiger charge is 1.92. The van der Waals surface area contributed by atoms with Crippen molar-refractivity contribution in [3.05, 3.63) is 30.5 Å². The van der Waals surface area contributed by atoms with Crippen molar-refractivity contribution < 1.29 is 0 Å². The molecule has 0 N–H and O–H groups in total. The second-order valence-electron chi connectivity index (χ2n) is 5.12. The molecule has 0 saturated heterocycles. The summed E-state index contributed by atoms with van der Waals surface area (Å²) in [6.07, 6.45) is 22.9. The molecule has 0 nitrogen and oxygen atoms in total. The fraction of sp³-hybridized carbons (Fsp3) is 0.722. The number of unbranched alkanes of at least 4 members (excludes halogenated alkanes) is 11. The van der Waals surface area contributed by atoms with E-state index in [2.05, 4.69) is 25.3 Å². The monoisotopic (exact) mass is 248 g/mol. The van der Waals surface area contributed by atoms with Crippen LogP contribution in [0.1, 0.15) is 84.0 Å². The molecular weight excluding hydrogens is 216 g/mol. The molecule has 0 heterocycles. The van der Waals surface area contributed by atoms with E-state index in [-0.39, 0.29) is 0 Å². The molecule has 0 radical (unpaired) electrons. The Morgan fingerprint density at radius 3 is 1.78 bits per heavy atom. The van der Waals surface area contributed by atoms with Crippen LogP contribution in [0.25, 0.3) is 0 Å². The molecule has 0 aliphatic rings. The summed E-state index contributed by atoms with van der Waals surface area (Å²) in [5.41, 5.74) is 2.75. The van der Waals surface area contributed by atoms with Gasteiger partial charge in [-0.1, -0.05) is 89.9 Å². The number of hydrogen-bond donors (Lipinski definition) is 0. The lowest BCUT2D eigenvalue weighted by Crippen LogP contribution is -1.81. The quantitative estimate of drug-likeness (QED) is 0.196. The first-order valence-electron chi connectivity index (χ1n) is 7.92. The third-order valence-corrected chi connectivity index (χ3v) is 3.32. The Kier molecular flexibility index (Phi) is 15.6. The van der Waals surface area contributed by atoms with E-state index in [0.717, 1.165) is 0 Å². The van der Waals surface area contributed by atoms with Gasteiger partial charge >= 0.3 is 0 Å². The van der Waals surface area contributed by atoms with E-state index in [1.165, 1.54) is 77.0 Å². The van der Waals surface area contributed by atoms with Crippen LogP contribution in [0.15, 0.2) is 30.5 Å². The predicted molar refractivity (Wildman–Crippen MR) is 83.9 cm³/mol. The molecule has 0 rings (SSSR count). The molecule has 0 fully saturated rings. The molecule has 0 spiro atoms. The van der Waals surface area contributed by atoms with Gasteiger partial charge < -0.3 is 0 Å². The molecular formula is C18H32. The molecule has 0 aromatic carbocycles. The molecule has 18 heavy (non-hydrogen) atoms. The maximum absolute atomic E-state index is 3.53. The molecule has 0 bridgehead atoms. The van der Waals surface area contributed by atoms with Crippen LogP contribution in [0.2, 0.25) is 0 Å². The summed E-state index contributed by atoms with van der Waals surface area (Å²) in [5, 5.41) is 0. The Morgan fingerprint density at radius 1 is 0.778 bits per heavy atom. The summed E-state index contributed by atoms with van der Waals surface area (Å²) in [5.74, 6) is 0. The fourth-order valence-corrected chi connectivity index (χ4v) is 2.16. The van der Waals surface area contributed by atoms with Crippen LogP contribution in [-0.4, -0.2) is 0 Å². The van der Waals surface area contributed by atoms with Gasteiger partial charge in [-0.3, -0.25) is 0 Å². The van der Waals surface area contributed by atoms with Crippen LogP contribution in [0.5, 0.6) is 0 Å². The highest BCUT2D eigenvalue weighted by Crippen LogP contribution is 2.11. The highest BCUT2D eigenvalue weighted by molar-refractivity contribution is 4.99. The SMILES string of the molecule is C=C=CC=CCCCCCCCCCCCCC. The number of hydrogen-bond acceptors (Lipinski definition) is 0. The van der Waals surface area contributed by atoms with Crippen LogP contribution < -0.4 is 0 Å². The van der Waals surface area contributed by atoms with Crippen molar-refractivity contribution in [3.63, 3.8) is 0 Å². The van der Waals surface area contributed by atoms with Crippen LogP contribution in [0.4, 0.5) is 0 Å². The minimum absolute atomic E-state index is 1.20. The lowest BCUT2D eigenvalue weighted by Gasteiger charge is -2.01. The van der Waals surface area contributed by atoms with Gasteiger partial charge in [-0.25, -0.2) is 0 Å². The van der Waals surface area contributed by atoms with Gasteiger partial charge in [0, 0.05) is 0 Å². The second-order valence-corrected chi connectivity index (χ2v) is 5.12. The van der Waals surface area contributed by atoms with Gasteiger partial charge in [0.25, 0.3) is 0 Å². The summed E-state index contributed by atoms with van der Waals surface area (Å²) < 4.78 is 0. The Labute approximate surface area is 115 Å². The summed E-state index contributed by atoms with van der Waals surface area (Å²) in [6, 6.07) is 0. The standard InChI is InChI=1S/C18H32/c1-3-5-7-9-11-13-15-17-18-16-14-12-10-8-6-4-2/h5,7,9H,1,4,6,8,10-18H2,2H3. The summed E-state index contributed by atoms with van der Waals surface area (Å²) in [4.78, 5) is 0. The first-order chi connectivity index (χ1) is 8.91. The third kappa shape index (κ3) is 15.3. The Hall–Kier alpha value is -0.740. The van der Waals surface area contributed by atoms with Gasteiger partial charge in [0.15, 0.2) is 0 Å². The Morgan fingerprint density at radius 2 is 1.28 bits per heavy atom. The average molecular weight is 248 g/mol. The minimum Gasteiger partial charge on any atom is -0.129 e. The lowest BCUT2D eigenvalue weighted by atomic mass is 10.1. The third-order valence-electron chi connectivity index (χ3n) is 3.32. The summed E-state index contributed by atoms with van der Waals surface area (Å²) in [6.45, 7) is 5.81. The van der Waals surface area contributed by atoms with Crippen molar-refractivity contribution in [2.75, 3.05) is 0 Å². The zero-order valence-corrected chi connectivity index (χ0v) is 12.4. The zero-order chi connectivity index (χ0) is 13.3. The topological polar surface area (TPSA) is 0 Å². The molecule has 0 saturated carbocycles. The average Bonchev–Trinajstić information content (AvgIpc) is 2.39. The van der Waals surface area contributed by atoms with E-state index in [0.29, 0.717) is 0 Å². The van der Waals surface area contributed by atoms with Gasteiger partial charge in [-0.15, -0.1) is 5.73 Å². The fourth-order valence-electron chi connectivity index (χ4n) is 2.16. The predicted octanol–water partition coefficient (Wildman–Crippen LogP) is 6.58. The van der Waals surface area contributed by atoms with Crippen molar-refractivity contribution >= 4 is 0 Å². The maximum Gasteiger partial charge on any atom is -0.0209 e. The second kappa shape index (κ2) is 16.3. The van der Waals surface area contributed by atoms with Crippen molar-refractivity contribution in [2.45, 2.75) is 84.0 Å². The lowest BCUT2D eigenvalue weighted by molar-refractivity contribution is 0.550. The van der Waals surface area contributed by atoms with Gasteiger partial charge in [-0.2, -0.15) is 0 Å². The molecule has 0 aliphatic heterocycles. The first-order valence-corrected chi connectivity index (χ1v) is 7.92. The molecule has 0 atom stereocenters. The van der Waals surface area contributed by atoms with Crippen molar-refractivity contribution in [1.82, 2.24) is 0 Å². The maximum atomic E-state index is 3.53. The van der Waals surface area contributed by atoms with Gasteiger partial charge in [0.1, 0.15) is 0 Å². The smallest absolute Gasteiger partial charge is 0.0209 e. The molecule has 0 amide bonds. The molecule has 0 unspecified atom stereocenters. The van der Waals surface area contributed by atoms with Crippen LogP contribution in [-0.2, 0) is 0 Å². The highest BCUT2D eigenvalue weighted by atomic mass is 14.0. The largest absolute Gasteiger partial charge is 0.129 e. The molecule has 0 aliphatic carbocycles. The van der Waals surface area contributed by atoms with Crippen molar-refractivity contribution in [1.29, 1.82) is 0 Å². The van der Waals surface area contributed by atoms with E-state index in [9.17, 15) is 0 Å². The van der Waals surface area contributed by atoms with E-state index in [1.54, 1.807) is 0 Å². The van der Waals surface area contributed by atoms with E-state index >= 15 is 0 Å². The van der Waals surface area contributed by atoms with Crippen LogP contribution in [0, 0.1) is 0 Å². The molecule has 0 aromatic heterocycles. The number of rotatable bonds is 13. The van der Waals surface area contributed by atoms with Crippen molar-refractivity contribution in [3.8, 4) is 0 Å². The Bertz CT molecular complexity index is 218. The normalized spacial score (nSPS) is 10.7. The summed E-state index contributed by atoms with van der Waals surface area (Å²) >= 11 is 0. The zero-order valence-electron chi connectivity index (χ0n) is 12.4. The van der Waals surface area contributed by atoms with Crippen molar-refractivity contribution in [2.24, 2.45) is 0 Å². The van der Waals surface area contributed by atoms with E-state index in [1.807, 2.05) is 12.2 Å².